The molecular formula is C13H15N3O2. The summed E-state index contributed by atoms with van der Waals surface area (Å²) < 4.78 is 10.5. The molecular weight excluding hydrogens is 230 g/mol. The molecule has 0 spiro atoms. The third-order valence-electron chi connectivity index (χ3n) is 2.38. The summed E-state index contributed by atoms with van der Waals surface area (Å²) in [7, 11) is 1.55. The highest BCUT2D eigenvalue weighted by Crippen LogP contribution is 2.19. The molecule has 0 saturated heterocycles. The van der Waals surface area contributed by atoms with E-state index in [1.807, 2.05) is 24.3 Å². The van der Waals surface area contributed by atoms with Crippen molar-refractivity contribution in [3.63, 3.8) is 0 Å². The number of aromatic nitrogens is 2. The summed E-state index contributed by atoms with van der Waals surface area (Å²) in [6.45, 7) is 0.638. The predicted octanol–water partition coefficient (Wildman–Crippen LogP) is 1.78. The Morgan fingerprint density at radius 2 is 1.94 bits per heavy atom. The largest absolute Gasteiger partial charge is 0.481 e. The zero-order valence-electron chi connectivity index (χ0n) is 10.2. The van der Waals surface area contributed by atoms with E-state index in [1.54, 1.807) is 19.4 Å². The maximum atomic E-state index is 5.52. The Balaban J connectivity index is 2.08. The van der Waals surface area contributed by atoms with Crippen molar-refractivity contribution < 1.29 is 9.47 Å². The Bertz CT molecular complexity index is 500. The number of nitrogens with two attached hydrogens (primary N) is 1. The molecule has 0 aliphatic rings. The summed E-state index contributed by atoms with van der Waals surface area (Å²) in [5.74, 6) is 1.16. The highest BCUT2D eigenvalue weighted by molar-refractivity contribution is 5.29. The second-order valence-corrected chi connectivity index (χ2v) is 3.67. The summed E-state index contributed by atoms with van der Waals surface area (Å²) in [5.41, 5.74) is 6.67. The first-order chi connectivity index (χ1) is 8.81. The van der Waals surface area contributed by atoms with Gasteiger partial charge in [-0.25, -0.2) is 4.98 Å². The van der Waals surface area contributed by atoms with Crippen LogP contribution < -0.4 is 15.2 Å². The lowest BCUT2D eigenvalue weighted by Gasteiger charge is -2.05. The molecule has 0 amide bonds. The molecule has 18 heavy (non-hydrogen) atoms. The van der Waals surface area contributed by atoms with Gasteiger partial charge in [-0.2, -0.15) is 4.98 Å². The van der Waals surface area contributed by atoms with Gasteiger partial charge in [0.05, 0.1) is 7.11 Å². The van der Waals surface area contributed by atoms with E-state index in [9.17, 15) is 0 Å². The van der Waals surface area contributed by atoms with Gasteiger partial charge in [-0.3, -0.25) is 0 Å². The number of rotatable bonds is 5. The van der Waals surface area contributed by atoms with E-state index in [0.717, 1.165) is 6.42 Å². The normalized spacial score (nSPS) is 10.1. The quantitative estimate of drug-likeness (QED) is 0.869. The van der Waals surface area contributed by atoms with Crippen molar-refractivity contribution in [2.24, 2.45) is 5.73 Å². The smallest absolute Gasteiger partial charge is 0.325 e. The minimum atomic E-state index is 0.265. The van der Waals surface area contributed by atoms with Crippen molar-refractivity contribution >= 4 is 0 Å². The summed E-state index contributed by atoms with van der Waals surface area (Å²) in [6, 6.07) is 9.62. The van der Waals surface area contributed by atoms with Crippen LogP contribution in [0.5, 0.6) is 17.6 Å². The number of ether oxygens (including phenoxy) is 2. The van der Waals surface area contributed by atoms with Crippen LogP contribution in [0, 0.1) is 0 Å². The van der Waals surface area contributed by atoms with Gasteiger partial charge in [0.2, 0.25) is 5.88 Å². The molecule has 1 heterocycles. The van der Waals surface area contributed by atoms with E-state index in [4.69, 9.17) is 15.2 Å². The van der Waals surface area contributed by atoms with Gasteiger partial charge in [-0.1, -0.05) is 12.1 Å². The third-order valence-corrected chi connectivity index (χ3v) is 2.38. The zero-order chi connectivity index (χ0) is 12.8. The van der Waals surface area contributed by atoms with Gasteiger partial charge >= 0.3 is 6.01 Å². The molecule has 2 rings (SSSR count). The number of methoxy groups -OCH3 is 1. The van der Waals surface area contributed by atoms with E-state index < -0.39 is 0 Å². The molecule has 0 atom stereocenters. The maximum absolute atomic E-state index is 5.52. The lowest BCUT2D eigenvalue weighted by Crippen LogP contribution is -2.02. The van der Waals surface area contributed by atoms with Crippen molar-refractivity contribution in [2.45, 2.75) is 6.42 Å². The Hall–Kier alpha value is -2.14. The van der Waals surface area contributed by atoms with Crippen molar-refractivity contribution in [1.29, 1.82) is 0 Å². The topological polar surface area (TPSA) is 70.3 Å². The van der Waals surface area contributed by atoms with Crippen molar-refractivity contribution in [3.05, 3.63) is 42.1 Å². The molecule has 5 nitrogen and oxygen atoms in total. The minimum absolute atomic E-state index is 0.265. The maximum Gasteiger partial charge on any atom is 0.325 e. The van der Waals surface area contributed by atoms with E-state index in [-0.39, 0.29) is 6.01 Å². The zero-order valence-corrected chi connectivity index (χ0v) is 10.2. The molecule has 0 aliphatic carbocycles. The fourth-order valence-corrected chi connectivity index (χ4v) is 1.48. The molecule has 2 N–H and O–H groups in total. The highest BCUT2D eigenvalue weighted by atomic mass is 16.5. The van der Waals surface area contributed by atoms with Gasteiger partial charge in [0, 0.05) is 12.3 Å². The number of hydrogen-bond donors (Lipinski definition) is 1. The van der Waals surface area contributed by atoms with E-state index in [2.05, 4.69) is 9.97 Å². The van der Waals surface area contributed by atoms with Crippen molar-refractivity contribution in [1.82, 2.24) is 9.97 Å². The lowest BCUT2D eigenvalue weighted by atomic mass is 10.1. The Labute approximate surface area is 106 Å². The fraction of sp³-hybridized carbons (Fsp3) is 0.231. The van der Waals surface area contributed by atoms with Gasteiger partial charge in [0.25, 0.3) is 0 Å². The molecule has 1 aromatic carbocycles. The lowest BCUT2D eigenvalue weighted by molar-refractivity contribution is 0.376. The number of nitrogens with zero attached hydrogens (tertiary/aromatic N) is 2. The average molecular weight is 245 g/mol. The van der Waals surface area contributed by atoms with Gasteiger partial charge in [0.1, 0.15) is 5.75 Å². The Kier molecular flexibility index (Phi) is 4.09. The molecule has 0 saturated carbocycles. The molecule has 0 unspecified atom stereocenters. The van der Waals surface area contributed by atoms with Crippen LogP contribution in [0.25, 0.3) is 0 Å². The first kappa shape index (κ1) is 12.3. The monoisotopic (exact) mass is 245 g/mol. The van der Waals surface area contributed by atoms with Crippen molar-refractivity contribution in [3.8, 4) is 17.6 Å². The van der Waals surface area contributed by atoms with E-state index in [0.29, 0.717) is 18.2 Å². The molecule has 0 radical (unpaired) electrons. The Morgan fingerprint density at radius 3 is 2.61 bits per heavy atom. The van der Waals surface area contributed by atoms with Crippen molar-refractivity contribution in [2.75, 3.05) is 13.7 Å². The SMILES string of the molecule is COc1ccnc(Oc2ccc(CCN)cc2)n1. The van der Waals surface area contributed by atoms with E-state index in [1.165, 1.54) is 5.56 Å². The molecule has 0 aliphatic heterocycles. The van der Waals surface area contributed by atoms with Crippen LogP contribution in [0.3, 0.4) is 0 Å². The Morgan fingerprint density at radius 1 is 1.17 bits per heavy atom. The number of benzene rings is 1. The second-order valence-electron chi connectivity index (χ2n) is 3.67. The van der Waals surface area contributed by atoms with Gasteiger partial charge in [0.15, 0.2) is 0 Å². The first-order valence-electron chi connectivity index (χ1n) is 5.65. The fourth-order valence-electron chi connectivity index (χ4n) is 1.48. The average Bonchev–Trinajstić information content (AvgIpc) is 2.42. The van der Waals surface area contributed by atoms with Crippen LogP contribution in [0.4, 0.5) is 0 Å². The second kappa shape index (κ2) is 5.97. The van der Waals surface area contributed by atoms with Crippen LogP contribution >= 0.6 is 0 Å². The molecule has 94 valence electrons. The predicted molar refractivity (Wildman–Crippen MR) is 67.9 cm³/mol. The highest BCUT2D eigenvalue weighted by Gasteiger charge is 2.02. The van der Waals surface area contributed by atoms with Gasteiger partial charge < -0.3 is 15.2 Å². The van der Waals surface area contributed by atoms with E-state index >= 15 is 0 Å². The van der Waals surface area contributed by atoms with Crippen LogP contribution in [0.1, 0.15) is 5.56 Å². The summed E-state index contributed by atoms with van der Waals surface area (Å²) in [4.78, 5) is 8.08. The van der Waals surface area contributed by atoms with Gasteiger partial charge in [-0.15, -0.1) is 0 Å². The standard InChI is InChI=1S/C13H15N3O2/c1-17-12-7-9-15-13(16-12)18-11-4-2-10(3-5-11)6-8-14/h2-5,7,9H,6,8,14H2,1H3. The van der Waals surface area contributed by atoms with Crippen LogP contribution in [0.15, 0.2) is 36.5 Å². The third kappa shape index (κ3) is 3.18. The molecule has 1 aromatic heterocycles. The summed E-state index contributed by atoms with van der Waals surface area (Å²) in [5, 5.41) is 0. The first-order valence-corrected chi connectivity index (χ1v) is 5.65. The molecule has 0 bridgehead atoms. The van der Waals surface area contributed by atoms with Crippen LogP contribution in [-0.2, 0) is 6.42 Å². The molecule has 2 aromatic rings. The number of hydrogen-bond acceptors (Lipinski definition) is 5. The summed E-state index contributed by atoms with van der Waals surface area (Å²) >= 11 is 0. The minimum Gasteiger partial charge on any atom is -0.481 e. The summed E-state index contributed by atoms with van der Waals surface area (Å²) in [6.07, 6.45) is 2.44. The molecule has 5 heteroatoms. The van der Waals surface area contributed by atoms with Crippen LogP contribution in [-0.4, -0.2) is 23.6 Å². The van der Waals surface area contributed by atoms with Gasteiger partial charge in [-0.05, 0) is 30.7 Å². The molecule has 0 fully saturated rings. The van der Waals surface area contributed by atoms with Crippen LogP contribution in [0.2, 0.25) is 0 Å².